The summed E-state index contributed by atoms with van der Waals surface area (Å²) in [5.41, 5.74) is 0.587. The Kier molecular flexibility index (Phi) is 5.99. The summed E-state index contributed by atoms with van der Waals surface area (Å²) >= 11 is 0. The summed E-state index contributed by atoms with van der Waals surface area (Å²) < 4.78 is 41.9. The van der Waals surface area contributed by atoms with Crippen molar-refractivity contribution in [1.82, 2.24) is 0 Å². The first kappa shape index (κ1) is 18.3. The van der Waals surface area contributed by atoms with Crippen molar-refractivity contribution in [3.8, 4) is 17.2 Å². The van der Waals surface area contributed by atoms with Crippen molar-refractivity contribution in [2.75, 3.05) is 38.5 Å². The van der Waals surface area contributed by atoms with Gasteiger partial charge in [-0.3, -0.25) is 4.79 Å². The Labute approximate surface area is 143 Å². The molecule has 6 nitrogen and oxygen atoms in total. The molecule has 0 unspecified atom stereocenters. The molecule has 0 aromatic heterocycles. The molecular formula is C17H18F2N2O4. The molecule has 0 fully saturated rings. The molecule has 0 aliphatic heterocycles. The fourth-order valence-corrected chi connectivity index (χ4v) is 2.20. The Balaban J connectivity index is 2.06. The van der Waals surface area contributed by atoms with Gasteiger partial charge in [-0.1, -0.05) is 0 Å². The van der Waals surface area contributed by atoms with Gasteiger partial charge in [-0.15, -0.1) is 0 Å². The third-order valence-corrected chi connectivity index (χ3v) is 3.26. The summed E-state index contributed by atoms with van der Waals surface area (Å²) in [4.78, 5) is 11.9. The molecule has 0 saturated carbocycles. The summed E-state index contributed by atoms with van der Waals surface area (Å²) in [5.74, 6) is -0.733. The first-order valence-electron chi connectivity index (χ1n) is 7.26. The number of carbonyl (C=O) groups excluding carboxylic acids is 1. The fourth-order valence-electron chi connectivity index (χ4n) is 2.20. The maximum Gasteiger partial charge on any atom is 0.243 e. The third-order valence-electron chi connectivity index (χ3n) is 3.26. The van der Waals surface area contributed by atoms with E-state index in [0.29, 0.717) is 22.9 Å². The van der Waals surface area contributed by atoms with Crippen molar-refractivity contribution in [1.29, 1.82) is 0 Å². The maximum absolute atomic E-state index is 13.1. The minimum absolute atomic E-state index is 0.0363. The van der Waals surface area contributed by atoms with E-state index >= 15 is 0 Å². The lowest BCUT2D eigenvalue weighted by Crippen LogP contribution is -2.22. The van der Waals surface area contributed by atoms with E-state index in [2.05, 4.69) is 10.6 Å². The van der Waals surface area contributed by atoms with Crippen LogP contribution >= 0.6 is 0 Å². The highest BCUT2D eigenvalue weighted by Crippen LogP contribution is 2.39. The molecule has 25 heavy (non-hydrogen) atoms. The van der Waals surface area contributed by atoms with Gasteiger partial charge in [0.1, 0.15) is 11.6 Å². The predicted octanol–water partition coefficient (Wildman–Crippen LogP) is 3.04. The summed E-state index contributed by atoms with van der Waals surface area (Å²) in [5, 5.41) is 5.28. The summed E-state index contributed by atoms with van der Waals surface area (Å²) in [7, 11) is 4.44. The maximum atomic E-state index is 13.1. The largest absolute Gasteiger partial charge is 0.493 e. The second kappa shape index (κ2) is 8.18. The minimum Gasteiger partial charge on any atom is -0.493 e. The smallest absolute Gasteiger partial charge is 0.243 e. The van der Waals surface area contributed by atoms with Crippen LogP contribution in [-0.4, -0.2) is 33.8 Å². The van der Waals surface area contributed by atoms with E-state index in [-0.39, 0.29) is 12.2 Å². The van der Waals surface area contributed by atoms with Crippen LogP contribution in [0, 0.1) is 11.6 Å². The highest BCUT2D eigenvalue weighted by atomic mass is 19.1. The van der Waals surface area contributed by atoms with Crippen LogP contribution in [0.3, 0.4) is 0 Å². The number of methoxy groups -OCH3 is 3. The normalized spacial score (nSPS) is 10.1. The molecule has 0 spiro atoms. The molecule has 8 heteroatoms. The van der Waals surface area contributed by atoms with Crippen LogP contribution < -0.4 is 24.8 Å². The van der Waals surface area contributed by atoms with E-state index < -0.39 is 17.5 Å². The average Bonchev–Trinajstić information content (AvgIpc) is 2.57. The van der Waals surface area contributed by atoms with Gasteiger partial charge in [-0.25, -0.2) is 8.78 Å². The van der Waals surface area contributed by atoms with Gasteiger partial charge in [0.15, 0.2) is 11.5 Å². The quantitative estimate of drug-likeness (QED) is 0.802. The van der Waals surface area contributed by atoms with Gasteiger partial charge >= 0.3 is 0 Å². The Morgan fingerprint density at radius 2 is 1.44 bits per heavy atom. The van der Waals surface area contributed by atoms with Crippen molar-refractivity contribution < 1.29 is 27.8 Å². The van der Waals surface area contributed by atoms with Crippen LogP contribution in [-0.2, 0) is 4.79 Å². The van der Waals surface area contributed by atoms with Crippen molar-refractivity contribution in [3.63, 3.8) is 0 Å². The Hall–Kier alpha value is -3.03. The molecule has 2 aromatic rings. The zero-order chi connectivity index (χ0) is 18.4. The van der Waals surface area contributed by atoms with E-state index in [1.165, 1.54) is 21.3 Å². The van der Waals surface area contributed by atoms with Crippen LogP contribution in [0.1, 0.15) is 0 Å². The summed E-state index contributed by atoms with van der Waals surface area (Å²) in [6.45, 7) is -0.128. The molecular weight excluding hydrogens is 334 g/mol. The van der Waals surface area contributed by atoms with Gasteiger partial charge in [0.25, 0.3) is 0 Å². The van der Waals surface area contributed by atoms with Crippen molar-refractivity contribution >= 4 is 17.3 Å². The standard InChI is InChI=1S/C17H18F2N2O4/c1-23-14-7-12(8-15(24-2)17(14)25-3)20-9-16(22)21-13-5-10(18)4-11(19)6-13/h4-8,20H,9H2,1-3H3,(H,21,22). The molecule has 0 aliphatic carbocycles. The second-order valence-electron chi connectivity index (χ2n) is 4.97. The number of hydrogen-bond donors (Lipinski definition) is 2. The predicted molar refractivity (Wildman–Crippen MR) is 89.6 cm³/mol. The number of anilines is 2. The van der Waals surface area contributed by atoms with Gasteiger partial charge in [-0.05, 0) is 12.1 Å². The first-order chi connectivity index (χ1) is 12.0. The fraction of sp³-hybridized carbons (Fsp3) is 0.235. The molecule has 0 atom stereocenters. The topological polar surface area (TPSA) is 68.8 Å². The molecule has 1 amide bonds. The lowest BCUT2D eigenvalue weighted by atomic mass is 10.2. The van der Waals surface area contributed by atoms with Gasteiger partial charge in [-0.2, -0.15) is 0 Å². The molecule has 0 heterocycles. The van der Waals surface area contributed by atoms with Crippen LogP contribution in [0.4, 0.5) is 20.2 Å². The molecule has 0 bridgehead atoms. The monoisotopic (exact) mass is 352 g/mol. The summed E-state index contributed by atoms with van der Waals surface area (Å²) in [6.07, 6.45) is 0. The second-order valence-corrected chi connectivity index (χ2v) is 4.97. The van der Waals surface area contributed by atoms with Crippen LogP contribution in [0.2, 0.25) is 0 Å². The van der Waals surface area contributed by atoms with Crippen LogP contribution in [0.25, 0.3) is 0 Å². The number of hydrogen-bond acceptors (Lipinski definition) is 5. The van der Waals surface area contributed by atoms with E-state index in [9.17, 15) is 13.6 Å². The number of benzene rings is 2. The average molecular weight is 352 g/mol. The van der Waals surface area contributed by atoms with Gasteiger partial charge in [0.2, 0.25) is 11.7 Å². The lowest BCUT2D eigenvalue weighted by Gasteiger charge is -2.15. The third kappa shape index (κ3) is 4.72. The number of nitrogens with one attached hydrogen (secondary N) is 2. The summed E-state index contributed by atoms with van der Waals surface area (Å²) in [6, 6.07) is 6.05. The molecule has 0 radical (unpaired) electrons. The highest BCUT2D eigenvalue weighted by Gasteiger charge is 2.13. The highest BCUT2D eigenvalue weighted by molar-refractivity contribution is 5.93. The SMILES string of the molecule is COc1cc(NCC(=O)Nc2cc(F)cc(F)c2)cc(OC)c1OC. The molecule has 2 N–H and O–H groups in total. The van der Waals surface area contributed by atoms with E-state index in [1.54, 1.807) is 12.1 Å². The van der Waals surface area contributed by atoms with E-state index in [4.69, 9.17) is 14.2 Å². The molecule has 0 aliphatic rings. The van der Waals surface area contributed by atoms with Crippen molar-refractivity contribution in [2.45, 2.75) is 0 Å². The van der Waals surface area contributed by atoms with Gasteiger partial charge in [0.05, 0.1) is 27.9 Å². The number of carbonyl (C=O) groups is 1. The Bertz CT molecular complexity index is 723. The number of amides is 1. The van der Waals surface area contributed by atoms with Crippen molar-refractivity contribution in [3.05, 3.63) is 42.0 Å². The van der Waals surface area contributed by atoms with Crippen molar-refractivity contribution in [2.24, 2.45) is 0 Å². The number of rotatable bonds is 7. The Morgan fingerprint density at radius 3 is 1.92 bits per heavy atom. The zero-order valence-corrected chi connectivity index (χ0v) is 14.0. The molecule has 0 saturated heterocycles. The Morgan fingerprint density at radius 1 is 0.880 bits per heavy atom. The minimum atomic E-state index is -0.770. The van der Waals surface area contributed by atoms with Crippen LogP contribution in [0.15, 0.2) is 30.3 Å². The van der Waals surface area contributed by atoms with Gasteiger partial charge in [0, 0.05) is 29.6 Å². The molecule has 134 valence electrons. The lowest BCUT2D eigenvalue weighted by molar-refractivity contribution is -0.114. The molecule has 2 aromatic carbocycles. The number of halogens is 2. The zero-order valence-electron chi connectivity index (χ0n) is 14.0. The van der Waals surface area contributed by atoms with E-state index in [1.807, 2.05) is 0 Å². The first-order valence-corrected chi connectivity index (χ1v) is 7.26. The van der Waals surface area contributed by atoms with Gasteiger partial charge < -0.3 is 24.8 Å². The number of ether oxygens (including phenoxy) is 3. The molecule has 2 rings (SSSR count). The van der Waals surface area contributed by atoms with Crippen LogP contribution in [0.5, 0.6) is 17.2 Å². The van der Waals surface area contributed by atoms with E-state index in [0.717, 1.165) is 18.2 Å².